The Morgan fingerprint density at radius 1 is 1.18 bits per heavy atom. The highest BCUT2D eigenvalue weighted by molar-refractivity contribution is 7.80. The van der Waals surface area contributed by atoms with Gasteiger partial charge in [0.2, 0.25) is 11.8 Å². The zero-order valence-electron chi connectivity index (χ0n) is 12.9. The Balaban J connectivity index is 4.79. The maximum Gasteiger partial charge on any atom is 0.328 e. The van der Waals surface area contributed by atoms with Gasteiger partial charge >= 0.3 is 5.97 Å². The first-order valence-corrected chi connectivity index (χ1v) is 7.66. The quantitative estimate of drug-likeness (QED) is 0.290. The summed E-state index contributed by atoms with van der Waals surface area (Å²) in [6.07, 6.45) is -0.574. The highest BCUT2D eigenvalue weighted by Gasteiger charge is 2.30. The molecule has 8 nitrogen and oxygen atoms in total. The third-order valence-corrected chi connectivity index (χ3v) is 3.79. The first kappa shape index (κ1) is 20.7. The van der Waals surface area contributed by atoms with Crippen molar-refractivity contribution in [2.24, 2.45) is 11.7 Å². The molecule has 2 amide bonds. The van der Waals surface area contributed by atoms with E-state index in [-0.39, 0.29) is 11.7 Å². The predicted molar refractivity (Wildman–Crippen MR) is 84.5 cm³/mol. The van der Waals surface area contributed by atoms with Crippen molar-refractivity contribution in [2.45, 2.75) is 51.4 Å². The van der Waals surface area contributed by atoms with E-state index >= 15 is 0 Å². The number of aliphatic hydroxyl groups excluding tert-OH is 1. The van der Waals surface area contributed by atoms with Crippen molar-refractivity contribution in [3.63, 3.8) is 0 Å². The van der Waals surface area contributed by atoms with Crippen LogP contribution in [0, 0.1) is 5.92 Å². The number of hydrogen-bond acceptors (Lipinski definition) is 6. The summed E-state index contributed by atoms with van der Waals surface area (Å²) >= 11 is 3.97. The smallest absolute Gasteiger partial charge is 0.328 e. The zero-order chi connectivity index (χ0) is 17.4. The fraction of sp³-hybridized carbons (Fsp3) is 0.769. The molecule has 0 radical (unpaired) electrons. The van der Waals surface area contributed by atoms with Gasteiger partial charge in [-0.3, -0.25) is 9.59 Å². The van der Waals surface area contributed by atoms with E-state index in [9.17, 15) is 19.5 Å². The second-order valence-electron chi connectivity index (χ2n) is 5.22. The van der Waals surface area contributed by atoms with Gasteiger partial charge < -0.3 is 26.6 Å². The molecule has 9 heteroatoms. The van der Waals surface area contributed by atoms with E-state index in [1.807, 2.05) is 13.8 Å². The van der Waals surface area contributed by atoms with E-state index in [1.165, 1.54) is 6.92 Å². The Kier molecular flexibility index (Phi) is 9.07. The molecule has 0 heterocycles. The van der Waals surface area contributed by atoms with Gasteiger partial charge in [-0.25, -0.2) is 4.79 Å². The number of nitrogens with two attached hydrogens (primary N) is 1. The molecular weight excluding hydrogens is 310 g/mol. The molecule has 0 aliphatic carbocycles. The average molecular weight is 335 g/mol. The number of aliphatic hydroxyl groups is 1. The van der Waals surface area contributed by atoms with E-state index in [0.29, 0.717) is 6.42 Å². The SMILES string of the molecule is CC[C@H](C)[C@H](N)C(=O)N[C@@H](CS)C(=O)N[C@H](C(=O)O)[C@@H](C)O. The monoisotopic (exact) mass is 335 g/mol. The van der Waals surface area contributed by atoms with Crippen LogP contribution in [-0.2, 0) is 14.4 Å². The Bertz CT molecular complexity index is 405. The average Bonchev–Trinajstić information content (AvgIpc) is 2.47. The van der Waals surface area contributed by atoms with Crippen LogP contribution in [0.25, 0.3) is 0 Å². The number of nitrogens with one attached hydrogen (secondary N) is 2. The summed E-state index contributed by atoms with van der Waals surface area (Å²) in [4.78, 5) is 34.9. The van der Waals surface area contributed by atoms with E-state index in [0.717, 1.165) is 0 Å². The molecule has 0 aromatic rings. The van der Waals surface area contributed by atoms with Crippen LogP contribution >= 0.6 is 12.6 Å². The number of carbonyl (C=O) groups is 3. The molecule has 0 rings (SSSR count). The molecular formula is C13H25N3O5S. The molecule has 6 N–H and O–H groups in total. The van der Waals surface area contributed by atoms with Gasteiger partial charge in [-0.2, -0.15) is 12.6 Å². The van der Waals surface area contributed by atoms with Crippen LogP contribution in [-0.4, -0.2) is 58.0 Å². The minimum atomic E-state index is -1.46. The van der Waals surface area contributed by atoms with Gasteiger partial charge in [0.25, 0.3) is 0 Å². The molecule has 0 saturated heterocycles. The topological polar surface area (TPSA) is 142 Å². The lowest BCUT2D eigenvalue weighted by atomic mass is 9.99. The minimum Gasteiger partial charge on any atom is -0.480 e. The summed E-state index contributed by atoms with van der Waals surface area (Å²) < 4.78 is 0. The van der Waals surface area contributed by atoms with Gasteiger partial charge in [0.15, 0.2) is 6.04 Å². The molecule has 0 bridgehead atoms. The Labute approximate surface area is 135 Å². The van der Waals surface area contributed by atoms with Crippen LogP contribution in [0.2, 0.25) is 0 Å². The molecule has 0 saturated carbocycles. The maximum atomic E-state index is 12.0. The van der Waals surface area contributed by atoms with Crippen molar-refractivity contribution in [3.8, 4) is 0 Å². The fourth-order valence-electron chi connectivity index (χ4n) is 1.62. The Hall–Kier alpha value is -1.32. The lowest BCUT2D eigenvalue weighted by Crippen LogP contribution is -2.57. The van der Waals surface area contributed by atoms with Crippen molar-refractivity contribution in [3.05, 3.63) is 0 Å². The fourth-order valence-corrected chi connectivity index (χ4v) is 1.87. The molecule has 5 atom stereocenters. The van der Waals surface area contributed by atoms with Gasteiger partial charge in [-0.15, -0.1) is 0 Å². The van der Waals surface area contributed by atoms with Gasteiger partial charge in [-0.05, 0) is 12.8 Å². The third kappa shape index (κ3) is 6.20. The number of carboxylic acids is 1. The lowest BCUT2D eigenvalue weighted by Gasteiger charge is -2.24. The van der Waals surface area contributed by atoms with Gasteiger partial charge in [0, 0.05) is 5.75 Å². The number of carboxylic acid groups (broad SMARTS) is 1. The van der Waals surface area contributed by atoms with E-state index < -0.39 is 42.0 Å². The molecule has 0 fully saturated rings. The number of rotatable bonds is 9. The summed E-state index contributed by atoms with van der Waals surface area (Å²) in [5.41, 5.74) is 5.77. The Morgan fingerprint density at radius 3 is 2.09 bits per heavy atom. The molecule has 22 heavy (non-hydrogen) atoms. The molecule has 0 aromatic heterocycles. The summed E-state index contributed by atoms with van der Waals surface area (Å²) in [6.45, 7) is 4.95. The summed E-state index contributed by atoms with van der Waals surface area (Å²) in [7, 11) is 0. The molecule has 128 valence electrons. The van der Waals surface area contributed by atoms with Crippen LogP contribution in [0.4, 0.5) is 0 Å². The summed E-state index contributed by atoms with van der Waals surface area (Å²) in [6, 6.07) is -3.27. The van der Waals surface area contributed by atoms with Crippen LogP contribution in [0.15, 0.2) is 0 Å². The van der Waals surface area contributed by atoms with Crippen molar-refractivity contribution < 1.29 is 24.6 Å². The molecule has 0 aliphatic heterocycles. The normalized spacial score (nSPS) is 17.7. The van der Waals surface area contributed by atoms with Crippen LogP contribution in [0.3, 0.4) is 0 Å². The highest BCUT2D eigenvalue weighted by atomic mass is 32.1. The van der Waals surface area contributed by atoms with E-state index in [2.05, 4.69) is 23.3 Å². The van der Waals surface area contributed by atoms with Crippen molar-refractivity contribution in [2.75, 3.05) is 5.75 Å². The second kappa shape index (κ2) is 9.65. The maximum absolute atomic E-state index is 12.0. The first-order chi connectivity index (χ1) is 10.1. The van der Waals surface area contributed by atoms with Gasteiger partial charge in [-0.1, -0.05) is 20.3 Å². The van der Waals surface area contributed by atoms with Gasteiger partial charge in [0.05, 0.1) is 12.1 Å². The molecule has 0 unspecified atom stereocenters. The number of amides is 2. The molecule has 0 aliphatic rings. The summed E-state index contributed by atoms with van der Waals surface area (Å²) in [5.74, 6) is -2.71. The van der Waals surface area contributed by atoms with E-state index in [4.69, 9.17) is 10.8 Å². The largest absolute Gasteiger partial charge is 0.480 e. The summed E-state index contributed by atoms with van der Waals surface area (Å²) in [5, 5.41) is 22.9. The zero-order valence-corrected chi connectivity index (χ0v) is 13.8. The minimum absolute atomic E-state index is 0.0308. The van der Waals surface area contributed by atoms with E-state index in [1.54, 1.807) is 0 Å². The number of hydrogen-bond donors (Lipinski definition) is 6. The van der Waals surface area contributed by atoms with Gasteiger partial charge in [0.1, 0.15) is 6.04 Å². The first-order valence-electron chi connectivity index (χ1n) is 7.03. The number of thiol groups is 1. The Morgan fingerprint density at radius 2 is 1.73 bits per heavy atom. The number of carbonyl (C=O) groups excluding carboxylic acids is 2. The van der Waals surface area contributed by atoms with Crippen molar-refractivity contribution in [1.82, 2.24) is 10.6 Å². The van der Waals surface area contributed by atoms with Crippen molar-refractivity contribution in [1.29, 1.82) is 0 Å². The third-order valence-electron chi connectivity index (χ3n) is 3.42. The molecule has 0 spiro atoms. The molecule has 0 aromatic carbocycles. The highest BCUT2D eigenvalue weighted by Crippen LogP contribution is 2.06. The predicted octanol–water partition coefficient (Wildman–Crippen LogP) is -1.28. The van der Waals surface area contributed by atoms with Crippen molar-refractivity contribution >= 4 is 30.4 Å². The van der Waals surface area contributed by atoms with Crippen LogP contribution in [0.1, 0.15) is 27.2 Å². The van der Waals surface area contributed by atoms with Crippen LogP contribution in [0.5, 0.6) is 0 Å². The second-order valence-corrected chi connectivity index (χ2v) is 5.59. The standard InChI is InChI=1S/C13H25N3O5S/c1-4-6(2)9(14)12(19)15-8(5-22)11(18)16-10(7(3)17)13(20)21/h6-10,17,22H,4-5,14H2,1-3H3,(H,15,19)(H,16,18)(H,20,21)/t6-,7+,8-,9-,10-/m0/s1. The number of aliphatic carboxylic acids is 1. The lowest BCUT2D eigenvalue weighted by molar-refractivity contribution is -0.145. The van der Waals surface area contributed by atoms with Crippen LogP contribution < -0.4 is 16.4 Å².